The third kappa shape index (κ3) is 2.95. The number of benzene rings is 2. The lowest BCUT2D eigenvalue weighted by Gasteiger charge is -2.10. The number of nitrogens with zero attached hydrogens (tertiary/aromatic N) is 1. The van der Waals surface area contributed by atoms with Crippen LogP contribution >= 0.6 is 11.6 Å². The molecule has 0 aliphatic rings. The highest BCUT2D eigenvalue weighted by molar-refractivity contribution is 6.32. The van der Waals surface area contributed by atoms with Crippen LogP contribution in [-0.4, -0.2) is 7.11 Å². The second-order valence-corrected chi connectivity index (χ2v) is 4.18. The molecule has 0 aliphatic heterocycles. The Morgan fingerprint density at radius 3 is 2.74 bits per heavy atom. The lowest BCUT2D eigenvalue weighted by molar-refractivity contribution is 0.415. The van der Waals surface area contributed by atoms with Gasteiger partial charge in [-0.15, -0.1) is 0 Å². The number of hydrogen-bond donors (Lipinski definition) is 1. The number of methoxy groups -OCH3 is 1. The quantitative estimate of drug-likeness (QED) is 0.918. The summed E-state index contributed by atoms with van der Waals surface area (Å²) in [4.78, 5) is 0. The highest BCUT2D eigenvalue weighted by atomic mass is 35.5. The van der Waals surface area contributed by atoms with E-state index in [0.717, 1.165) is 0 Å². The molecule has 0 fully saturated rings. The van der Waals surface area contributed by atoms with Gasteiger partial charge in [-0.05, 0) is 30.3 Å². The van der Waals surface area contributed by atoms with E-state index in [4.69, 9.17) is 21.6 Å². The van der Waals surface area contributed by atoms with Crippen LogP contribution < -0.4 is 10.1 Å². The van der Waals surface area contributed by atoms with E-state index in [9.17, 15) is 4.39 Å². The van der Waals surface area contributed by atoms with Crippen molar-refractivity contribution < 1.29 is 9.13 Å². The van der Waals surface area contributed by atoms with Gasteiger partial charge in [0.15, 0.2) is 0 Å². The summed E-state index contributed by atoms with van der Waals surface area (Å²) < 4.78 is 18.1. The van der Waals surface area contributed by atoms with Crippen molar-refractivity contribution in [1.29, 1.82) is 5.26 Å². The summed E-state index contributed by atoms with van der Waals surface area (Å²) in [5, 5.41) is 12.5. The molecule has 1 N–H and O–H groups in total. The zero-order valence-electron chi connectivity index (χ0n) is 10.1. The van der Waals surface area contributed by atoms with E-state index in [2.05, 4.69) is 5.32 Å². The topological polar surface area (TPSA) is 45.0 Å². The predicted octanol–water partition coefficient (Wildman–Crippen LogP) is 4.10. The van der Waals surface area contributed by atoms with Crippen LogP contribution in [0.4, 0.5) is 15.8 Å². The fourth-order valence-electron chi connectivity index (χ4n) is 1.61. The smallest absolute Gasteiger partial charge is 0.139 e. The van der Waals surface area contributed by atoms with Crippen molar-refractivity contribution in [3.8, 4) is 11.8 Å². The molecule has 0 saturated heterocycles. The van der Waals surface area contributed by atoms with Gasteiger partial charge in [-0.1, -0.05) is 11.6 Å². The first-order chi connectivity index (χ1) is 9.13. The highest BCUT2D eigenvalue weighted by Crippen LogP contribution is 2.29. The summed E-state index contributed by atoms with van der Waals surface area (Å²) in [6.07, 6.45) is 0. The maximum atomic E-state index is 13.0. The van der Waals surface area contributed by atoms with Gasteiger partial charge in [-0.3, -0.25) is 0 Å². The zero-order valence-corrected chi connectivity index (χ0v) is 10.8. The largest absolute Gasteiger partial charge is 0.495 e. The fraction of sp³-hybridized carbons (Fsp3) is 0.0714. The zero-order chi connectivity index (χ0) is 13.8. The number of halogens is 2. The molecule has 0 spiro atoms. The first-order valence-electron chi connectivity index (χ1n) is 5.44. The molecule has 0 aliphatic carbocycles. The fourth-order valence-corrected chi connectivity index (χ4v) is 1.81. The van der Waals surface area contributed by atoms with Crippen molar-refractivity contribution in [3.05, 3.63) is 52.8 Å². The van der Waals surface area contributed by atoms with Crippen LogP contribution in [0.1, 0.15) is 5.56 Å². The SMILES string of the molecule is COc1cc(Nc2ccc(F)cc2C#N)ccc1Cl. The Hall–Kier alpha value is -2.25. The molecule has 0 aromatic heterocycles. The number of anilines is 2. The monoisotopic (exact) mass is 276 g/mol. The number of rotatable bonds is 3. The van der Waals surface area contributed by atoms with Gasteiger partial charge >= 0.3 is 0 Å². The Morgan fingerprint density at radius 2 is 2.05 bits per heavy atom. The van der Waals surface area contributed by atoms with E-state index >= 15 is 0 Å². The lowest BCUT2D eigenvalue weighted by atomic mass is 10.2. The highest BCUT2D eigenvalue weighted by Gasteiger charge is 2.06. The van der Waals surface area contributed by atoms with Crippen LogP contribution in [0.2, 0.25) is 5.02 Å². The summed E-state index contributed by atoms with van der Waals surface area (Å²) in [6, 6.07) is 11.0. The van der Waals surface area contributed by atoms with Gasteiger partial charge in [0.05, 0.1) is 23.4 Å². The van der Waals surface area contributed by atoms with E-state index in [1.54, 1.807) is 18.2 Å². The molecule has 3 nitrogen and oxygen atoms in total. The van der Waals surface area contributed by atoms with Crippen LogP contribution in [0.15, 0.2) is 36.4 Å². The molecule has 2 aromatic rings. The minimum absolute atomic E-state index is 0.230. The summed E-state index contributed by atoms with van der Waals surface area (Å²) >= 11 is 5.92. The van der Waals surface area contributed by atoms with E-state index in [0.29, 0.717) is 22.1 Å². The molecular weight excluding hydrogens is 267 g/mol. The molecule has 2 aromatic carbocycles. The number of nitrogens with one attached hydrogen (secondary N) is 1. The predicted molar refractivity (Wildman–Crippen MR) is 72.4 cm³/mol. The number of hydrogen-bond acceptors (Lipinski definition) is 3. The molecule has 5 heteroatoms. The van der Waals surface area contributed by atoms with Crippen LogP contribution in [0, 0.1) is 17.1 Å². The van der Waals surface area contributed by atoms with E-state index in [1.807, 2.05) is 6.07 Å². The first-order valence-corrected chi connectivity index (χ1v) is 5.82. The Bertz CT molecular complexity index is 652. The molecular formula is C14H10ClFN2O. The van der Waals surface area contributed by atoms with Crippen molar-refractivity contribution >= 4 is 23.0 Å². The van der Waals surface area contributed by atoms with Gasteiger partial charge in [0.1, 0.15) is 17.6 Å². The van der Waals surface area contributed by atoms with E-state index in [1.165, 1.54) is 25.3 Å². The van der Waals surface area contributed by atoms with Crippen LogP contribution in [0.5, 0.6) is 5.75 Å². The Kier molecular flexibility index (Phi) is 3.88. The van der Waals surface area contributed by atoms with Gasteiger partial charge in [0, 0.05) is 11.8 Å². The maximum Gasteiger partial charge on any atom is 0.139 e. The minimum atomic E-state index is -0.448. The molecule has 0 unspecified atom stereocenters. The van der Waals surface area contributed by atoms with Crippen molar-refractivity contribution in [2.24, 2.45) is 0 Å². The third-order valence-electron chi connectivity index (χ3n) is 2.53. The molecule has 19 heavy (non-hydrogen) atoms. The van der Waals surface area contributed by atoms with E-state index in [-0.39, 0.29) is 5.56 Å². The maximum absolute atomic E-state index is 13.0. The third-order valence-corrected chi connectivity index (χ3v) is 2.84. The normalized spacial score (nSPS) is 9.79. The molecule has 0 atom stereocenters. The Morgan fingerprint density at radius 1 is 1.26 bits per heavy atom. The number of nitriles is 1. The van der Waals surface area contributed by atoms with Crippen LogP contribution in [0.3, 0.4) is 0 Å². The second kappa shape index (κ2) is 5.59. The van der Waals surface area contributed by atoms with Gasteiger partial charge in [0.2, 0.25) is 0 Å². The summed E-state index contributed by atoms with van der Waals surface area (Å²) in [5.74, 6) is 0.0723. The summed E-state index contributed by atoms with van der Waals surface area (Å²) in [6.45, 7) is 0. The molecule has 2 rings (SSSR count). The molecule has 0 radical (unpaired) electrons. The van der Waals surface area contributed by atoms with Crippen molar-refractivity contribution in [1.82, 2.24) is 0 Å². The Balaban J connectivity index is 2.34. The molecule has 96 valence electrons. The van der Waals surface area contributed by atoms with Crippen LogP contribution in [-0.2, 0) is 0 Å². The molecule has 0 saturated carbocycles. The number of ether oxygens (including phenoxy) is 1. The van der Waals surface area contributed by atoms with Gasteiger partial charge in [-0.2, -0.15) is 5.26 Å². The van der Waals surface area contributed by atoms with Gasteiger partial charge < -0.3 is 10.1 Å². The lowest BCUT2D eigenvalue weighted by Crippen LogP contribution is -1.95. The molecule has 0 bridgehead atoms. The second-order valence-electron chi connectivity index (χ2n) is 3.78. The van der Waals surface area contributed by atoms with Gasteiger partial charge in [0.25, 0.3) is 0 Å². The molecule has 0 amide bonds. The first kappa shape index (κ1) is 13.2. The summed E-state index contributed by atoms with van der Waals surface area (Å²) in [5.41, 5.74) is 1.45. The van der Waals surface area contributed by atoms with Crippen LogP contribution in [0.25, 0.3) is 0 Å². The molecule has 0 heterocycles. The van der Waals surface area contributed by atoms with Crippen molar-refractivity contribution in [3.63, 3.8) is 0 Å². The summed E-state index contributed by atoms with van der Waals surface area (Å²) in [7, 11) is 1.52. The van der Waals surface area contributed by atoms with Gasteiger partial charge in [-0.25, -0.2) is 4.39 Å². The van der Waals surface area contributed by atoms with Crippen molar-refractivity contribution in [2.75, 3.05) is 12.4 Å². The Labute approximate surface area is 115 Å². The standard InChI is InChI=1S/C14H10ClFN2O/c1-19-14-7-11(3-4-12(14)15)18-13-5-2-10(16)6-9(13)8-17/h2-7,18H,1H3. The van der Waals surface area contributed by atoms with E-state index < -0.39 is 5.82 Å². The average Bonchev–Trinajstić information content (AvgIpc) is 2.42. The average molecular weight is 277 g/mol. The van der Waals surface area contributed by atoms with Crippen molar-refractivity contribution in [2.45, 2.75) is 0 Å². The minimum Gasteiger partial charge on any atom is -0.495 e.